The maximum atomic E-state index is 12.7. The smallest absolute Gasteiger partial charge is 0.229 e. The third-order valence-electron chi connectivity index (χ3n) is 5.48. The zero-order valence-corrected chi connectivity index (χ0v) is 16.0. The Hall–Kier alpha value is -2.73. The molecular weight excluding hydrogens is 352 g/mol. The summed E-state index contributed by atoms with van der Waals surface area (Å²) in [5.74, 6) is -0.376. The van der Waals surface area contributed by atoms with Crippen molar-refractivity contribution in [3.8, 4) is 0 Å². The standard InChI is InChI=1S/C22H26N4O2/c27-21-12-19(16-26(21)15-18-6-4-8-23-13-18)22(28)24-20-7-3-5-17(11-20)14-25-9-1-2-10-25/h3-8,11,13,19H,1-2,9-10,12,14-16H2,(H,24,28). The van der Waals surface area contributed by atoms with Crippen LogP contribution in [-0.4, -0.2) is 46.2 Å². The first-order chi connectivity index (χ1) is 13.7. The van der Waals surface area contributed by atoms with Gasteiger partial charge < -0.3 is 10.2 Å². The van der Waals surface area contributed by atoms with Gasteiger partial charge in [0.25, 0.3) is 0 Å². The van der Waals surface area contributed by atoms with Crippen LogP contribution in [0.25, 0.3) is 0 Å². The zero-order valence-electron chi connectivity index (χ0n) is 16.0. The lowest BCUT2D eigenvalue weighted by molar-refractivity contribution is -0.128. The van der Waals surface area contributed by atoms with Crippen molar-refractivity contribution in [2.75, 3.05) is 25.0 Å². The molecule has 1 unspecified atom stereocenters. The van der Waals surface area contributed by atoms with Crippen molar-refractivity contribution in [2.45, 2.75) is 32.4 Å². The fraction of sp³-hybridized carbons (Fsp3) is 0.409. The number of hydrogen-bond donors (Lipinski definition) is 1. The molecule has 2 saturated heterocycles. The molecule has 0 bridgehead atoms. The van der Waals surface area contributed by atoms with Crippen molar-refractivity contribution in [3.05, 3.63) is 59.9 Å². The van der Waals surface area contributed by atoms with E-state index >= 15 is 0 Å². The molecule has 1 atom stereocenters. The number of nitrogens with one attached hydrogen (secondary N) is 1. The second-order valence-electron chi connectivity index (χ2n) is 7.71. The predicted molar refractivity (Wildman–Crippen MR) is 107 cm³/mol. The van der Waals surface area contributed by atoms with Crippen molar-refractivity contribution < 1.29 is 9.59 Å². The molecule has 1 aromatic carbocycles. The van der Waals surface area contributed by atoms with Crippen LogP contribution in [0.5, 0.6) is 0 Å². The lowest BCUT2D eigenvalue weighted by Gasteiger charge is -2.17. The number of aromatic nitrogens is 1. The van der Waals surface area contributed by atoms with Gasteiger partial charge in [0.2, 0.25) is 11.8 Å². The largest absolute Gasteiger partial charge is 0.337 e. The topological polar surface area (TPSA) is 65.5 Å². The first kappa shape index (κ1) is 18.6. The van der Waals surface area contributed by atoms with Gasteiger partial charge in [0.15, 0.2) is 0 Å². The number of rotatable bonds is 6. The quantitative estimate of drug-likeness (QED) is 0.839. The van der Waals surface area contributed by atoms with E-state index in [1.165, 1.54) is 18.4 Å². The third kappa shape index (κ3) is 4.57. The van der Waals surface area contributed by atoms with Crippen LogP contribution in [0.3, 0.4) is 0 Å². The highest BCUT2D eigenvalue weighted by atomic mass is 16.2. The fourth-order valence-electron chi connectivity index (χ4n) is 4.00. The van der Waals surface area contributed by atoms with E-state index in [1.54, 1.807) is 17.3 Å². The van der Waals surface area contributed by atoms with Gasteiger partial charge in [-0.2, -0.15) is 0 Å². The van der Waals surface area contributed by atoms with Gasteiger partial charge in [-0.15, -0.1) is 0 Å². The summed E-state index contributed by atoms with van der Waals surface area (Å²) in [6, 6.07) is 11.8. The van der Waals surface area contributed by atoms with Crippen LogP contribution in [-0.2, 0) is 22.7 Å². The van der Waals surface area contributed by atoms with Gasteiger partial charge in [0, 0.05) is 44.1 Å². The maximum Gasteiger partial charge on any atom is 0.229 e. The molecule has 4 rings (SSSR count). The molecule has 2 aromatic rings. The summed E-state index contributed by atoms with van der Waals surface area (Å²) < 4.78 is 0. The average Bonchev–Trinajstić information content (AvgIpc) is 3.33. The molecule has 3 heterocycles. The molecule has 0 aliphatic carbocycles. The summed E-state index contributed by atoms with van der Waals surface area (Å²) >= 11 is 0. The average molecular weight is 378 g/mol. The molecule has 2 aliphatic heterocycles. The molecule has 1 aromatic heterocycles. The highest BCUT2D eigenvalue weighted by molar-refractivity contribution is 5.97. The minimum atomic E-state index is -0.314. The molecule has 6 heteroatoms. The number of amides is 2. The Morgan fingerprint density at radius 3 is 2.71 bits per heavy atom. The number of benzene rings is 1. The van der Waals surface area contributed by atoms with Crippen LogP contribution < -0.4 is 5.32 Å². The van der Waals surface area contributed by atoms with Gasteiger partial charge in [-0.1, -0.05) is 18.2 Å². The first-order valence-electron chi connectivity index (χ1n) is 9.96. The predicted octanol–water partition coefficient (Wildman–Crippen LogP) is 2.66. The number of hydrogen-bond acceptors (Lipinski definition) is 4. The van der Waals surface area contributed by atoms with Crippen molar-refractivity contribution >= 4 is 17.5 Å². The summed E-state index contributed by atoms with van der Waals surface area (Å²) in [4.78, 5) is 33.3. The van der Waals surface area contributed by atoms with Crippen LogP contribution in [0.15, 0.2) is 48.8 Å². The molecule has 28 heavy (non-hydrogen) atoms. The molecule has 1 N–H and O–H groups in total. The van der Waals surface area contributed by atoms with E-state index in [0.29, 0.717) is 13.1 Å². The van der Waals surface area contributed by atoms with Crippen molar-refractivity contribution in [2.24, 2.45) is 5.92 Å². The Bertz CT molecular complexity index is 833. The molecule has 6 nitrogen and oxygen atoms in total. The number of carbonyl (C=O) groups excluding carboxylic acids is 2. The molecule has 2 amide bonds. The summed E-state index contributed by atoms with van der Waals surface area (Å²) in [5, 5.41) is 3.01. The summed E-state index contributed by atoms with van der Waals surface area (Å²) in [5.41, 5.74) is 2.99. The van der Waals surface area contributed by atoms with Crippen molar-refractivity contribution in [1.82, 2.24) is 14.8 Å². The Morgan fingerprint density at radius 2 is 1.93 bits per heavy atom. The van der Waals surface area contributed by atoms with Gasteiger partial charge in [0.05, 0.1) is 5.92 Å². The summed E-state index contributed by atoms with van der Waals surface area (Å²) in [6.45, 7) is 4.17. The summed E-state index contributed by atoms with van der Waals surface area (Å²) in [7, 11) is 0. The molecule has 0 saturated carbocycles. The van der Waals surface area contributed by atoms with Crippen LogP contribution in [0.4, 0.5) is 5.69 Å². The van der Waals surface area contributed by atoms with E-state index in [0.717, 1.165) is 30.9 Å². The van der Waals surface area contributed by atoms with E-state index in [4.69, 9.17) is 0 Å². The minimum Gasteiger partial charge on any atom is -0.337 e. The Kier molecular flexibility index (Phi) is 5.67. The molecular formula is C22H26N4O2. The first-order valence-corrected chi connectivity index (χ1v) is 9.96. The fourth-order valence-corrected chi connectivity index (χ4v) is 4.00. The Labute approximate surface area is 165 Å². The van der Waals surface area contributed by atoms with E-state index in [2.05, 4.69) is 21.3 Å². The summed E-state index contributed by atoms with van der Waals surface area (Å²) in [6.07, 6.45) is 6.26. The zero-order chi connectivity index (χ0) is 19.3. The van der Waals surface area contributed by atoms with Crippen molar-refractivity contribution in [3.63, 3.8) is 0 Å². The van der Waals surface area contributed by atoms with E-state index in [1.807, 2.05) is 30.3 Å². The number of anilines is 1. The second-order valence-corrected chi connectivity index (χ2v) is 7.71. The van der Waals surface area contributed by atoms with Gasteiger partial charge in [0.1, 0.15) is 0 Å². The lowest BCUT2D eigenvalue weighted by Crippen LogP contribution is -2.28. The van der Waals surface area contributed by atoms with E-state index in [-0.39, 0.29) is 24.2 Å². The van der Waals surface area contributed by atoms with E-state index < -0.39 is 0 Å². The minimum absolute atomic E-state index is 0.0202. The Balaban J connectivity index is 1.34. The molecule has 2 aliphatic rings. The third-order valence-corrected chi connectivity index (χ3v) is 5.48. The van der Waals surface area contributed by atoms with Crippen LogP contribution in [0.2, 0.25) is 0 Å². The van der Waals surface area contributed by atoms with Crippen LogP contribution in [0, 0.1) is 5.92 Å². The number of pyridine rings is 1. The van der Waals surface area contributed by atoms with Crippen LogP contribution in [0.1, 0.15) is 30.4 Å². The van der Waals surface area contributed by atoms with Gasteiger partial charge >= 0.3 is 0 Å². The molecule has 2 fully saturated rings. The van der Waals surface area contributed by atoms with Gasteiger partial charge in [-0.25, -0.2) is 0 Å². The Morgan fingerprint density at radius 1 is 1.11 bits per heavy atom. The monoisotopic (exact) mass is 378 g/mol. The molecule has 0 radical (unpaired) electrons. The number of nitrogens with zero attached hydrogens (tertiary/aromatic N) is 3. The van der Waals surface area contributed by atoms with E-state index in [9.17, 15) is 9.59 Å². The highest BCUT2D eigenvalue weighted by Crippen LogP contribution is 2.22. The highest BCUT2D eigenvalue weighted by Gasteiger charge is 2.34. The van der Waals surface area contributed by atoms with Crippen molar-refractivity contribution in [1.29, 1.82) is 0 Å². The number of likely N-dealkylation sites (tertiary alicyclic amines) is 2. The molecule has 0 spiro atoms. The van der Waals surface area contributed by atoms with Gasteiger partial charge in [-0.3, -0.25) is 19.5 Å². The SMILES string of the molecule is O=C(Nc1cccc(CN2CCCC2)c1)C1CC(=O)N(Cc2cccnc2)C1. The normalized spacial score (nSPS) is 19.9. The second kappa shape index (κ2) is 8.52. The van der Waals surface area contributed by atoms with Crippen LogP contribution >= 0.6 is 0 Å². The van der Waals surface area contributed by atoms with Gasteiger partial charge in [-0.05, 0) is 55.3 Å². The maximum absolute atomic E-state index is 12.7. The number of carbonyl (C=O) groups is 2. The molecule has 146 valence electrons. The lowest BCUT2D eigenvalue weighted by atomic mass is 10.1.